The Hall–Kier alpha value is -3.89. The van der Waals surface area contributed by atoms with Gasteiger partial charge in [-0.15, -0.1) is 36.4 Å². The minimum atomic E-state index is -0.878. The Morgan fingerprint density at radius 3 is 1.50 bits per heavy atom. The first kappa shape index (κ1) is 44.1. The van der Waals surface area contributed by atoms with Gasteiger partial charge in [-0.25, -0.2) is 14.4 Å². The molecule has 17 heteroatoms. The number of carbonyl (C=O) groups is 5. The van der Waals surface area contributed by atoms with Crippen LogP contribution in [-0.2, 0) is 19.1 Å². The van der Waals surface area contributed by atoms with E-state index >= 15 is 0 Å². The lowest BCUT2D eigenvalue weighted by atomic mass is 9.89. The van der Waals surface area contributed by atoms with Gasteiger partial charge >= 0.3 is 18.2 Å². The summed E-state index contributed by atoms with van der Waals surface area (Å²) in [6, 6.07) is 3.70. The summed E-state index contributed by atoms with van der Waals surface area (Å²) in [5.74, 6) is -0.892. The summed E-state index contributed by atoms with van der Waals surface area (Å²) in [5.41, 5.74) is 3.01. The fourth-order valence-corrected chi connectivity index (χ4v) is 4.08. The molecule has 0 atom stereocenters. The van der Waals surface area contributed by atoms with Crippen LogP contribution in [0.1, 0.15) is 48.0 Å². The maximum atomic E-state index is 11.9. The van der Waals surface area contributed by atoms with Gasteiger partial charge in [0.05, 0.1) is 43.7 Å². The average molecular weight is 716 g/mol. The number of alkyl halides is 2. The normalized spacial score (nSPS) is 17.7. The van der Waals surface area contributed by atoms with Crippen LogP contribution in [0.25, 0.3) is 0 Å². The SMILES string of the molecule is C=CCN(CC=C)C1(C#N)CN(C(=O)OC(C)(C)C)C1.CC(C)(C)OC(=O)N1CC(N)(C#N)C1.CN1C(=O)CC(=O)N(C)C1=O.ClCCl. The predicted octanol–water partition coefficient (Wildman–Crippen LogP) is 3.48. The Balaban J connectivity index is 0.000000690. The lowest BCUT2D eigenvalue weighted by Gasteiger charge is -2.50. The van der Waals surface area contributed by atoms with Crippen molar-refractivity contribution >= 4 is 53.2 Å². The number of halogens is 2. The molecule has 0 aromatic carbocycles. The molecule has 0 unspecified atom stereocenters. The number of likely N-dealkylation sites (tertiary alicyclic amines) is 2. The summed E-state index contributed by atoms with van der Waals surface area (Å²) in [7, 11) is 2.71. The zero-order valence-corrected chi connectivity index (χ0v) is 30.6. The van der Waals surface area contributed by atoms with Crippen LogP contribution in [0.2, 0.25) is 0 Å². The highest BCUT2D eigenvalue weighted by atomic mass is 35.5. The van der Waals surface area contributed by atoms with Crippen molar-refractivity contribution in [3.8, 4) is 12.1 Å². The molecule has 0 aliphatic carbocycles. The number of urea groups is 1. The summed E-state index contributed by atoms with van der Waals surface area (Å²) in [6.45, 7) is 20.6. The molecular weight excluding hydrogens is 667 g/mol. The van der Waals surface area contributed by atoms with Gasteiger partial charge in [-0.05, 0) is 41.5 Å². The van der Waals surface area contributed by atoms with Gasteiger partial charge in [0.25, 0.3) is 0 Å². The molecule has 2 N–H and O–H groups in total. The highest BCUT2D eigenvalue weighted by Gasteiger charge is 2.50. The molecule has 0 saturated carbocycles. The molecule has 15 nitrogen and oxygen atoms in total. The van der Waals surface area contributed by atoms with Crippen LogP contribution in [0, 0.1) is 22.7 Å². The number of imide groups is 2. The van der Waals surface area contributed by atoms with Crippen LogP contribution in [0.4, 0.5) is 14.4 Å². The number of nitrogens with two attached hydrogens (primary N) is 1. The minimum Gasteiger partial charge on any atom is -0.444 e. The van der Waals surface area contributed by atoms with Crippen LogP contribution in [-0.4, -0.2) is 136 Å². The van der Waals surface area contributed by atoms with Crippen molar-refractivity contribution < 1.29 is 33.4 Å². The lowest BCUT2D eigenvalue weighted by Crippen LogP contribution is -2.71. The Morgan fingerprint density at radius 1 is 0.854 bits per heavy atom. The predicted molar refractivity (Wildman–Crippen MR) is 181 cm³/mol. The van der Waals surface area contributed by atoms with Crippen molar-refractivity contribution in [3.63, 3.8) is 0 Å². The molecule has 3 fully saturated rings. The summed E-state index contributed by atoms with van der Waals surface area (Å²) < 4.78 is 10.4. The minimum absolute atomic E-state index is 0.194. The third-order valence-electron chi connectivity index (χ3n) is 6.51. The Labute approximate surface area is 293 Å². The van der Waals surface area contributed by atoms with Gasteiger partial charge in [-0.3, -0.25) is 24.3 Å². The zero-order valence-electron chi connectivity index (χ0n) is 29.0. The third-order valence-corrected chi connectivity index (χ3v) is 6.51. The molecule has 0 bridgehead atoms. The molecular formula is C31H48Cl2N8O7. The average Bonchev–Trinajstić information content (AvgIpc) is 2.92. The first-order chi connectivity index (χ1) is 22.0. The molecule has 0 aromatic rings. The topological polar surface area (TPSA) is 194 Å². The van der Waals surface area contributed by atoms with Gasteiger partial charge in [-0.2, -0.15) is 10.5 Å². The van der Waals surface area contributed by atoms with E-state index in [1.807, 2.05) is 31.7 Å². The van der Waals surface area contributed by atoms with Crippen LogP contribution in [0.15, 0.2) is 25.3 Å². The summed E-state index contributed by atoms with van der Waals surface area (Å²) in [6.07, 6.45) is 2.50. The van der Waals surface area contributed by atoms with Crippen LogP contribution in [0.5, 0.6) is 0 Å². The van der Waals surface area contributed by atoms with Gasteiger partial charge in [0.2, 0.25) is 11.8 Å². The van der Waals surface area contributed by atoms with E-state index in [-0.39, 0.29) is 30.9 Å². The molecule has 3 saturated heterocycles. The van der Waals surface area contributed by atoms with Crippen molar-refractivity contribution in [2.24, 2.45) is 5.73 Å². The maximum Gasteiger partial charge on any atom is 0.410 e. The fourth-order valence-electron chi connectivity index (χ4n) is 4.08. The highest BCUT2D eigenvalue weighted by molar-refractivity contribution is 6.40. The van der Waals surface area contributed by atoms with Gasteiger partial charge in [0, 0.05) is 27.2 Å². The van der Waals surface area contributed by atoms with E-state index in [0.29, 0.717) is 26.2 Å². The summed E-state index contributed by atoms with van der Waals surface area (Å²) >= 11 is 9.53. The lowest BCUT2D eigenvalue weighted by molar-refractivity contribution is -0.140. The zero-order chi connectivity index (χ0) is 37.7. The number of amides is 6. The number of hydrogen-bond acceptors (Lipinski definition) is 11. The number of nitriles is 2. The number of rotatable bonds is 5. The molecule has 0 spiro atoms. The number of carbonyl (C=O) groups excluding carboxylic acids is 5. The number of ether oxygens (including phenoxy) is 2. The van der Waals surface area contributed by atoms with Gasteiger partial charge in [0.1, 0.15) is 28.7 Å². The molecule has 3 aliphatic rings. The van der Waals surface area contributed by atoms with E-state index in [4.69, 9.17) is 43.7 Å². The second-order valence-corrected chi connectivity index (χ2v) is 13.8. The van der Waals surface area contributed by atoms with Crippen molar-refractivity contribution in [2.75, 3.05) is 58.7 Å². The van der Waals surface area contributed by atoms with Crippen molar-refractivity contribution in [3.05, 3.63) is 25.3 Å². The first-order valence-electron chi connectivity index (χ1n) is 14.7. The van der Waals surface area contributed by atoms with Gasteiger partial charge in [-0.1, -0.05) is 12.2 Å². The van der Waals surface area contributed by atoms with Gasteiger partial charge in [0.15, 0.2) is 0 Å². The number of nitrogens with zero attached hydrogens (tertiary/aromatic N) is 7. The molecule has 268 valence electrons. The molecule has 0 radical (unpaired) electrons. The molecule has 48 heavy (non-hydrogen) atoms. The van der Waals surface area contributed by atoms with E-state index in [1.54, 1.807) is 37.8 Å². The van der Waals surface area contributed by atoms with E-state index in [0.717, 1.165) is 9.80 Å². The Kier molecular flexibility index (Phi) is 17.1. The summed E-state index contributed by atoms with van der Waals surface area (Å²) in [5, 5.41) is 18.3. The quantitative estimate of drug-likeness (QED) is 0.249. The number of hydrogen-bond donors (Lipinski definition) is 1. The van der Waals surface area contributed by atoms with Crippen molar-refractivity contribution in [1.82, 2.24) is 24.5 Å². The Bertz CT molecular complexity index is 1240. The van der Waals surface area contributed by atoms with E-state index in [9.17, 15) is 29.2 Å². The standard InChI is InChI=1S/C15H23N3O2.C9H15N3O2.C6H8N2O3.CH2Cl2/c1-6-8-18(9-7-2)15(10-16)11-17(12-15)13(19)20-14(3,4)5;1-8(2,3)14-7(13)12-5-9(11,4-10)6-12;1-7-4(9)3-5(10)8(2)6(7)11;2-1-3/h6-7H,1-2,8-9,11-12H2,3-5H3;5-6,11H2,1-3H3;3H2,1-2H3;1H2. The molecule has 6 amide bonds. The maximum absolute atomic E-state index is 11.9. The van der Waals surface area contributed by atoms with E-state index < -0.39 is 46.2 Å². The molecule has 3 aliphatic heterocycles. The first-order valence-corrected chi connectivity index (χ1v) is 15.8. The summed E-state index contributed by atoms with van der Waals surface area (Å²) in [4.78, 5) is 62.7. The second kappa shape index (κ2) is 18.6. The number of barbiturate groups is 1. The third kappa shape index (κ3) is 13.7. The Morgan fingerprint density at radius 2 is 1.21 bits per heavy atom. The van der Waals surface area contributed by atoms with Crippen molar-refractivity contribution in [1.29, 1.82) is 10.5 Å². The van der Waals surface area contributed by atoms with Crippen LogP contribution in [0.3, 0.4) is 0 Å². The monoisotopic (exact) mass is 714 g/mol. The second-order valence-electron chi connectivity index (χ2n) is 13.0. The van der Waals surface area contributed by atoms with Crippen molar-refractivity contribution in [2.45, 2.75) is 70.2 Å². The highest BCUT2D eigenvalue weighted by Crippen LogP contribution is 2.29. The van der Waals surface area contributed by atoms with Gasteiger partial charge < -0.3 is 25.0 Å². The largest absolute Gasteiger partial charge is 0.444 e. The molecule has 3 rings (SSSR count). The van der Waals surface area contributed by atoms with E-state index in [1.165, 1.54) is 19.0 Å². The smallest absolute Gasteiger partial charge is 0.410 e. The van der Waals surface area contributed by atoms with Crippen LogP contribution >= 0.6 is 23.2 Å². The van der Waals surface area contributed by atoms with Crippen LogP contribution < -0.4 is 5.73 Å². The molecule has 0 aromatic heterocycles. The molecule has 3 heterocycles. The van der Waals surface area contributed by atoms with E-state index in [2.05, 4.69) is 19.2 Å². The fraction of sp³-hybridized carbons (Fsp3) is 0.645.